The minimum Gasteiger partial charge on any atom is -0.494 e. The SMILES string of the molecule is CCOc1ccc(Cl)cc1CCNC(=O)CNC(=O)c1ccc(C#N)cc1. The van der Waals surface area contributed by atoms with Crippen molar-refractivity contribution in [2.75, 3.05) is 19.7 Å². The van der Waals surface area contributed by atoms with E-state index in [2.05, 4.69) is 10.6 Å². The Morgan fingerprint density at radius 1 is 1.15 bits per heavy atom. The normalized spacial score (nSPS) is 9.96. The lowest BCUT2D eigenvalue weighted by Gasteiger charge is -2.11. The number of nitriles is 1. The predicted molar refractivity (Wildman–Crippen MR) is 103 cm³/mol. The van der Waals surface area contributed by atoms with Crippen LogP contribution in [0.2, 0.25) is 5.02 Å². The fourth-order valence-electron chi connectivity index (χ4n) is 2.40. The number of halogens is 1. The van der Waals surface area contributed by atoms with Gasteiger partial charge in [0, 0.05) is 17.1 Å². The summed E-state index contributed by atoms with van der Waals surface area (Å²) in [4.78, 5) is 23.9. The molecule has 0 atom stereocenters. The number of amides is 2. The van der Waals surface area contributed by atoms with Crippen molar-refractivity contribution in [3.8, 4) is 11.8 Å². The molecular weight excluding hydrogens is 366 g/mol. The summed E-state index contributed by atoms with van der Waals surface area (Å²) < 4.78 is 5.55. The van der Waals surface area contributed by atoms with Crippen molar-refractivity contribution in [3.63, 3.8) is 0 Å². The van der Waals surface area contributed by atoms with Gasteiger partial charge in [-0.1, -0.05) is 11.6 Å². The van der Waals surface area contributed by atoms with Crippen LogP contribution in [0, 0.1) is 11.3 Å². The van der Waals surface area contributed by atoms with Gasteiger partial charge in [0.05, 0.1) is 24.8 Å². The minimum atomic E-state index is -0.372. The van der Waals surface area contributed by atoms with Crippen molar-refractivity contribution in [2.24, 2.45) is 0 Å². The Hall–Kier alpha value is -3.04. The highest BCUT2D eigenvalue weighted by atomic mass is 35.5. The molecule has 0 unspecified atom stereocenters. The van der Waals surface area contributed by atoms with Crippen LogP contribution >= 0.6 is 11.6 Å². The summed E-state index contributed by atoms with van der Waals surface area (Å²) >= 11 is 6.01. The maximum Gasteiger partial charge on any atom is 0.251 e. The van der Waals surface area contributed by atoms with E-state index in [0.29, 0.717) is 35.7 Å². The van der Waals surface area contributed by atoms with Crippen molar-refractivity contribution in [1.82, 2.24) is 10.6 Å². The van der Waals surface area contributed by atoms with Gasteiger partial charge >= 0.3 is 0 Å². The molecule has 0 saturated carbocycles. The van der Waals surface area contributed by atoms with Crippen molar-refractivity contribution >= 4 is 23.4 Å². The predicted octanol–water partition coefficient (Wildman–Crippen LogP) is 2.70. The Morgan fingerprint density at radius 3 is 2.56 bits per heavy atom. The van der Waals surface area contributed by atoms with Gasteiger partial charge in [-0.2, -0.15) is 5.26 Å². The van der Waals surface area contributed by atoms with Crippen LogP contribution in [0.5, 0.6) is 5.75 Å². The molecule has 0 fully saturated rings. The molecule has 0 heterocycles. The third kappa shape index (κ3) is 6.32. The molecule has 7 heteroatoms. The highest BCUT2D eigenvalue weighted by molar-refractivity contribution is 6.30. The highest BCUT2D eigenvalue weighted by Gasteiger charge is 2.09. The first-order valence-corrected chi connectivity index (χ1v) is 8.87. The van der Waals surface area contributed by atoms with Crippen molar-refractivity contribution < 1.29 is 14.3 Å². The summed E-state index contributed by atoms with van der Waals surface area (Å²) in [6, 6.07) is 13.5. The summed E-state index contributed by atoms with van der Waals surface area (Å²) in [6.07, 6.45) is 0.561. The van der Waals surface area contributed by atoms with E-state index in [4.69, 9.17) is 21.6 Å². The first kappa shape index (κ1) is 20.3. The van der Waals surface area contributed by atoms with Crippen LogP contribution < -0.4 is 15.4 Å². The van der Waals surface area contributed by atoms with Gasteiger partial charge in [-0.25, -0.2) is 0 Å². The Balaban J connectivity index is 1.78. The second kappa shape index (κ2) is 10.2. The van der Waals surface area contributed by atoms with E-state index >= 15 is 0 Å². The van der Waals surface area contributed by atoms with Gasteiger partial charge in [0.2, 0.25) is 5.91 Å². The number of nitrogens with one attached hydrogen (secondary N) is 2. The average molecular weight is 386 g/mol. The Morgan fingerprint density at radius 2 is 1.89 bits per heavy atom. The zero-order valence-corrected chi connectivity index (χ0v) is 15.7. The molecule has 27 heavy (non-hydrogen) atoms. The zero-order chi connectivity index (χ0) is 19.6. The van der Waals surface area contributed by atoms with Crippen LogP contribution in [0.3, 0.4) is 0 Å². The molecule has 2 N–H and O–H groups in total. The number of ether oxygens (including phenoxy) is 1. The van der Waals surface area contributed by atoms with Crippen molar-refractivity contribution in [3.05, 3.63) is 64.2 Å². The third-order valence-corrected chi connectivity index (χ3v) is 3.96. The van der Waals surface area contributed by atoms with Crippen LogP contribution in [-0.2, 0) is 11.2 Å². The van der Waals surface area contributed by atoms with E-state index in [0.717, 1.165) is 11.3 Å². The zero-order valence-electron chi connectivity index (χ0n) is 14.9. The quantitative estimate of drug-likeness (QED) is 0.730. The Bertz CT molecular complexity index is 845. The van der Waals surface area contributed by atoms with Gasteiger partial charge in [-0.3, -0.25) is 9.59 Å². The molecule has 6 nitrogen and oxygen atoms in total. The smallest absolute Gasteiger partial charge is 0.251 e. The standard InChI is InChI=1S/C20H20ClN3O3/c1-2-27-18-8-7-17(21)11-16(18)9-10-23-19(25)13-24-20(26)15-5-3-14(12-22)4-6-15/h3-8,11H,2,9-10,13H2,1H3,(H,23,25)(H,24,26). The van der Waals surface area contributed by atoms with Crippen LogP contribution in [0.1, 0.15) is 28.4 Å². The van der Waals surface area contributed by atoms with Gasteiger partial charge in [0.15, 0.2) is 0 Å². The summed E-state index contributed by atoms with van der Waals surface area (Å²) in [6.45, 7) is 2.71. The molecule has 0 radical (unpaired) electrons. The molecule has 0 saturated heterocycles. The van der Waals surface area contributed by atoms with E-state index in [1.807, 2.05) is 19.1 Å². The molecule has 0 aliphatic carbocycles. The second-order valence-electron chi connectivity index (χ2n) is 5.66. The molecule has 0 aliphatic rings. The van der Waals surface area contributed by atoms with Gasteiger partial charge in [-0.15, -0.1) is 0 Å². The van der Waals surface area contributed by atoms with E-state index in [-0.39, 0.29) is 18.4 Å². The molecule has 2 aromatic carbocycles. The first-order chi connectivity index (χ1) is 13.0. The van der Waals surface area contributed by atoms with Crippen molar-refractivity contribution in [1.29, 1.82) is 5.26 Å². The van der Waals surface area contributed by atoms with Gasteiger partial charge < -0.3 is 15.4 Å². The molecule has 0 aromatic heterocycles. The number of rotatable bonds is 8. The maximum absolute atomic E-state index is 12.0. The second-order valence-corrected chi connectivity index (χ2v) is 6.09. The fraction of sp³-hybridized carbons (Fsp3) is 0.250. The average Bonchev–Trinajstić information content (AvgIpc) is 2.68. The van der Waals surface area contributed by atoms with E-state index in [1.54, 1.807) is 36.4 Å². The molecular formula is C20H20ClN3O3. The Kier molecular flexibility index (Phi) is 7.65. The number of nitrogens with zero attached hydrogens (tertiary/aromatic N) is 1. The molecule has 2 amide bonds. The van der Waals surface area contributed by atoms with Crippen LogP contribution in [-0.4, -0.2) is 31.5 Å². The molecule has 0 aliphatic heterocycles. The lowest BCUT2D eigenvalue weighted by Crippen LogP contribution is -2.37. The summed E-state index contributed by atoms with van der Waals surface area (Å²) in [5.74, 6) is 0.0744. The number of carbonyl (C=O) groups excluding carboxylic acids is 2. The van der Waals surface area contributed by atoms with Crippen LogP contribution in [0.4, 0.5) is 0 Å². The molecule has 0 spiro atoms. The Labute approximate surface area is 163 Å². The van der Waals surface area contributed by atoms with E-state index in [1.165, 1.54) is 0 Å². The summed E-state index contributed by atoms with van der Waals surface area (Å²) in [7, 11) is 0. The van der Waals surface area contributed by atoms with Gasteiger partial charge in [0.1, 0.15) is 5.75 Å². The number of hydrogen-bond donors (Lipinski definition) is 2. The number of carbonyl (C=O) groups is 2. The third-order valence-electron chi connectivity index (χ3n) is 3.72. The fourth-order valence-corrected chi connectivity index (χ4v) is 2.59. The lowest BCUT2D eigenvalue weighted by molar-refractivity contribution is -0.120. The topological polar surface area (TPSA) is 91.2 Å². The first-order valence-electron chi connectivity index (χ1n) is 8.49. The summed E-state index contributed by atoms with van der Waals surface area (Å²) in [5, 5.41) is 14.7. The highest BCUT2D eigenvalue weighted by Crippen LogP contribution is 2.23. The van der Waals surface area contributed by atoms with E-state index in [9.17, 15) is 9.59 Å². The molecule has 0 bridgehead atoms. The number of hydrogen-bond acceptors (Lipinski definition) is 4. The summed E-state index contributed by atoms with van der Waals surface area (Å²) in [5.41, 5.74) is 1.77. The molecule has 2 rings (SSSR count). The lowest BCUT2D eigenvalue weighted by atomic mass is 10.1. The largest absolute Gasteiger partial charge is 0.494 e. The van der Waals surface area contributed by atoms with Crippen LogP contribution in [0.25, 0.3) is 0 Å². The van der Waals surface area contributed by atoms with Crippen LogP contribution in [0.15, 0.2) is 42.5 Å². The van der Waals surface area contributed by atoms with Gasteiger partial charge in [-0.05, 0) is 61.4 Å². The molecule has 2 aromatic rings. The van der Waals surface area contributed by atoms with Gasteiger partial charge in [0.25, 0.3) is 5.91 Å². The maximum atomic E-state index is 12.0. The van der Waals surface area contributed by atoms with Crippen molar-refractivity contribution in [2.45, 2.75) is 13.3 Å². The van der Waals surface area contributed by atoms with E-state index < -0.39 is 0 Å². The monoisotopic (exact) mass is 385 g/mol. The molecule has 140 valence electrons. The minimum absolute atomic E-state index is 0.132. The number of benzene rings is 2.